The molecule has 0 atom stereocenters. The van der Waals surface area contributed by atoms with Crippen LogP contribution in [0.4, 0.5) is 0 Å². The molecule has 2 aromatic rings. The summed E-state index contributed by atoms with van der Waals surface area (Å²) in [6, 6.07) is 12.6. The molecule has 27 heavy (non-hydrogen) atoms. The second-order valence-electron chi connectivity index (χ2n) is 7.95. The summed E-state index contributed by atoms with van der Waals surface area (Å²) in [5.74, 6) is 0.614. The van der Waals surface area contributed by atoms with Crippen LogP contribution in [0, 0.1) is 5.92 Å². The van der Waals surface area contributed by atoms with Crippen molar-refractivity contribution in [3.63, 3.8) is 0 Å². The van der Waals surface area contributed by atoms with Crippen LogP contribution in [-0.2, 0) is 12.8 Å². The van der Waals surface area contributed by atoms with Gasteiger partial charge in [-0.05, 0) is 56.3 Å². The topological polar surface area (TPSA) is 52.2 Å². The zero-order chi connectivity index (χ0) is 19.1. The van der Waals surface area contributed by atoms with Gasteiger partial charge in [-0.2, -0.15) is 5.10 Å². The fourth-order valence-electron chi connectivity index (χ4n) is 3.73. The summed E-state index contributed by atoms with van der Waals surface area (Å²) < 4.78 is 0. The number of nitrogens with one attached hydrogen (secondary N) is 1. The quantitative estimate of drug-likeness (QED) is 0.815. The third-order valence-corrected chi connectivity index (χ3v) is 5.14. The van der Waals surface area contributed by atoms with Crippen molar-refractivity contribution in [1.29, 1.82) is 0 Å². The fraction of sp³-hybridized carbons (Fsp3) is 0.545. The lowest BCUT2D eigenvalue weighted by Crippen LogP contribution is -2.35. The molecule has 146 valence electrons. The first-order valence-corrected chi connectivity index (χ1v) is 10.2. The van der Waals surface area contributed by atoms with Crippen molar-refractivity contribution in [2.24, 2.45) is 5.92 Å². The van der Waals surface area contributed by atoms with Crippen molar-refractivity contribution in [2.75, 3.05) is 32.7 Å². The molecular weight excluding hydrogens is 336 g/mol. The number of aryl methyl sites for hydroxylation is 1. The number of amides is 1. The number of benzene rings is 1. The molecule has 5 heteroatoms. The van der Waals surface area contributed by atoms with Crippen LogP contribution in [0.1, 0.15) is 48.4 Å². The minimum absolute atomic E-state index is 0.0624. The van der Waals surface area contributed by atoms with Gasteiger partial charge in [0.25, 0.3) is 5.91 Å². The van der Waals surface area contributed by atoms with Gasteiger partial charge in [-0.25, -0.2) is 0 Å². The minimum atomic E-state index is 0.0624. The van der Waals surface area contributed by atoms with Gasteiger partial charge < -0.3 is 9.80 Å². The van der Waals surface area contributed by atoms with Gasteiger partial charge in [-0.15, -0.1) is 0 Å². The van der Waals surface area contributed by atoms with Crippen molar-refractivity contribution in [3.8, 4) is 0 Å². The highest BCUT2D eigenvalue weighted by Gasteiger charge is 2.22. The molecule has 2 heterocycles. The van der Waals surface area contributed by atoms with E-state index in [0.29, 0.717) is 11.6 Å². The minimum Gasteiger partial charge on any atom is -0.336 e. The Morgan fingerprint density at radius 3 is 2.74 bits per heavy atom. The third-order valence-electron chi connectivity index (χ3n) is 5.14. The van der Waals surface area contributed by atoms with Crippen LogP contribution in [0.25, 0.3) is 0 Å². The summed E-state index contributed by atoms with van der Waals surface area (Å²) in [6.45, 7) is 9.06. The standard InChI is InChI=1S/C22H32N4O/c1-18(2)16-20-17-21(24-23-20)22(27)26-13-7-12-25(14-15-26)11-6-10-19-8-4-3-5-9-19/h3-5,8-9,17-18H,6-7,10-16H2,1-2H3,(H,23,24). The average molecular weight is 369 g/mol. The first-order valence-electron chi connectivity index (χ1n) is 10.2. The molecule has 1 aromatic heterocycles. The Balaban J connectivity index is 1.46. The van der Waals surface area contributed by atoms with Crippen molar-refractivity contribution < 1.29 is 4.79 Å². The van der Waals surface area contributed by atoms with Crippen LogP contribution in [0.15, 0.2) is 36.4 Å². The van der Waals surface area contributed by atoms with Crippen LogP contribution in [0.2, 0.25) is 0 Å². The van der Waals surface area contributed by atoms with E-state index >= 15 is 0 Å². The third kappa shape index (κ3) is 5.93. The van der Waals surface area contributed by atoms with Gasteiger partial charge in [-0.3, -0.25) is 9.89 Å². The van der Waals surface area contributed by atoms with Gasteiger partial charge >= 0.3 is 0 Å². The van der Waals surface area contributed by atoms with Gasteiger partial charge in [0.15, 0.2) is 0 Å². The molecule has 1 aliphatic heterocycles. The SMILES string of the molecule is CC(C)Cc1cc(C(=O)N2CCCN(CCCc3ccccc3)CC2)n[nH]1. The lowest BCUT2D eigenvalue weighted by atomic mass is 10.1. The Labute approximate surface area is 162 Å². The monoisotopic (exact) mass is 368 g/mol. The zero-order valence-electron chi connectivity index (χ0n) is 16.7. The maximum absolute atomic E-state index is 12.8. The Morgan fingerprint density at radius 2 is 1.96 bits per heavy atom. The van der Waals surface area contributed by atoms with E-state index in [1.165, 1.54) is 5.56 Å². The molecule has 1 aliphatic rings. The predicted molar refractivity (Wildman–Crippen MR) is 109 cm³/mol. The molecule has 0 unspecified atom stereocenters. The molecule has 1 aromatic carbocycles. The number of H-pyrrole nitrogens is 1. The lowest BCUT2D eigenvalue weighted by molar-refractivity contribution is 0.0755. The van der Waals surface area contributed by atoms with E-state index in [9.17, 15) is 4.79 Å². The molecule has 0 saturated carbocycles. The Morgan fingerprint density at radius 1 is 1.15 bits per heavy atom. The number of nitrogens with zero attached hydrogens (tertiary/aromatic N) is 3. The van der Waals surface area contributed by atoms with Crippen molar-refractivity contribution in [2.45, 2.75) is 39.5 Å². The molecule has 1 saturated heterocycles. The Hall–Kier alpha value is -2.14. The van der Waals surface area contributed by atoms with E-state index in [0.717, 1.165) is 64.1 Å². The maximum atomic E-state index is 12.8. The molecule has 3 rings (SSSR count). The number of rotatable bonds is 7. The second kappa shape index (κ2) is 9.70. The predicted octanol–water partition coefficient (Wildman–Crippen LogP) is 3.39. The van der Waals surface area contributed by atoms with Gasteiger partial charge in [0.2, 0.25) is 0 Å². The molecular formula is C22H32N4O. The zero-order valence-corrected chi connectivity index (χ0v) is 16.7. The van der Waals surface area contributed by atoms with Crippen molar-refractivity contribution in [3.05, 3.63) is 53.3 Å². The Kier molecular flexibility index (Phi) is 7.04. The first-order chi connectivity index (χ1) is 13.1. The Bertz CT molecular complexity index is 710. The number of carbonyl (C=O) groups excluding carboxylic acids is 1. The highest BCUT2D eigenvalue weighted by Crippen LogP contribution is 2.12. The smallest absolute Gasteiger partial charge is 0.274 e. The molecule has 1 amide bonds. The first kappa shape index (κ1) is 19.6. The molecule has 0 radical (unpaired) electrons. The van der Waals surface area contributed by atoms with E-state index in [1.54, 1.807) is 0 Å². The van der Waals surface area contributed by atoms with Gasteiger partial charge in [-0.1, -0.05) is 44.2 Å². The van der Waals surface area contributed by atoms with Gasteiger partial charge in [0.1, 0.15) is 5.69 Å². The summed E-state index contributed by atoms with van der Waals surface area (Å²) in [7, 11) is 0. The van der Waals surface area contributed by atoms with E-state index < -0.39 is 0 Å². The average Bonchev–Trinajstić information content (AvgIpc) is 2.98. The summed E-state index contributed by atoms with van der Waals surface area (Å²) in [5.41, 5.74) is 3.01. The number of hydrogen-bond acceptors (Lipinski definition) is 3. The number of hydrogen-bond donors (Lipinski definition) is 1. The van der Waals surface area contributed by atoms with E-state index in [-0.39, 0.29) is 5.91 Å². The summed E-state index contributed by atoms with van der Waals surface area (Å²) >= 11 is 0. The second-order valence-corrected chi connectivity index (χ2v) is 7.95. The maximum Gasteiger partial charge on any atom is 0.274 e. The molecule has 0 aliphatic carbocycles. The van der Waals surface area contributed by atoms with Crippen LogP contribution < -0.4 is 0 Å². The van der Waals surface area contributed by atoms with Gasteiger partial charge in [0, 0.05) is 25.3 Å². The normalized spacial score (nSPS) is 15.9. The molecule has 1 fully saturated rings. The number of carbonyl (C=O) groups is 1. The molecule has 0 spiro atoms. The van der Waals surface area contributed by atoms with E-state index in [4.69, 9.17) is 0 Å². The lowest BCUT2D eigenvalue weighted by Gasteiger charge is -2.21. The summed E-state index contributed by atoms with van der Waals surface area (Å²) in [4.78, 5) is 17.2. The van der Waals surface area contributed by atoms with E-state index in [2.05, 4.69) is 59.3 Å². The largest absolute Gasteiger partial charge is 0.336 e. The molecule has 1 N–H and O–H groups in total. The van der Waals surface area contributed by atoms with Crippen molar-refractivity contribution in [1.82, 2.24) is 20.0 Å². The highest BCUT2D eigenvalue weighted by atomic mass is 16.2. The summed E-state index contributed by atoms with van der Waals surface area (Å²) in [6.07, 6.45) is 4.23. The van der Waals surface area contributed by atoms with Crippen LogP contribution in [0.3, 0.4) is 0 Å². The number of aromatic nitrogens is 2. The van der Waals surface area contributed by atoms with E-state index in [1.807, 2.05) is 11.0 Å². The van der Waals surface area contributed by atoms with Crippen LogP contribution in [0.5, 0.6) is 0 Å². The molecule has 0 bridgehead atoms. The fourth-order valence-corrected chi connectivity index (χ4v) is 3.73. The molecule has 5 nitrogen and oxygen atoms in total. The van der Waals surface area contributed by atoms with Crippen LogP contribution in [-0.4, -0.2) is 58.6 Å². The van der Waals surface area contributed by atoms with Crippen LogP contribution >= 0.6 is 0 Å². The summed E-state index contributed by atoms with van der Waals surface area (Å²) in [5, 5.41) is 7.26. The highest BCUT2D eigenvalue weighted by molar-refractivity contribution is 5.92. The van der Waals surface area contributed by atoms with Gasteiger partial charge in [0.05, 0.1) is 0 Å². The van der Waals surface area contributed by atoms with Crippen molar-refractivity contribution >= 4 is 5.91 Å². The number of aromatic amines is 1.